The molecule has 0 aliphatic rings. The Hall–Kier alpha value is -0.820. The summed E-state index contributed by atoms with van der Waals surface area (Å²) in [5.74, 6) is 0. The monoisotopic (exact) mass is 135 g/mol. The maximum absolute atomic E-state index is 8.53. The SMILES string of the molecule is Cc1ccc([CH]CO)cc1. The Kier molecular flexibility index (Phi) is 2.46. The lowest BCUT2D eigenvalue weighted by Gasteiger charge is -1.96. The van der Waals surface area contributed by atoms with E-state index in [-0.39, 0.29) is 6.61 Å². The second-order valence-corrected chi connectivity index (χ2v) is 2.30. The maximum Gasteiger partial charge on any atom is 0.0506 e. The molecule has 0 aliphatic heterocycles. The number of hydrogen-bond donors (Lipinski definition) is 1. The zero-order chi connectivity index (χ0) is 7.40. The summed E-state index contributed by atoms with van der Waals surface area (Å²) in [6, 6.07) is 8.04. The Bertz CT molecular complexity index is 188. The van der Waals surface area contributed by atoms with Crippen molar-refractivity contribution in [3.05, 3.63) is 41.8 Å². The second-order valence-electron chi connectivity index (χ2n) is 2.30. The molecular weight excluding hydrogens is 124 g/mol. The molecule has 0 unspecified atom stereocenters. The van der Waals surface area contributed by atoms with Crippen LogP contribution in [-0.4, -0.2) is 11.7 Å². The molecule has 1 radical (unpaired) electrons. The van der Waals surface area contributed by atoms with Crippen LogP contribution in [0, 0.1) is 13.3 Å². The van der Waals surface area contributed by atoms with Crippen LogP contribution in [0.15, 0.2) is 24.3 Å². The first-order valence-corrected chi connectivity index (χ1v) is 3.33. The van der Waals surface area contributed by atoms with Gasteiger partial charge in [0.2, 0.25) is 0 Å². The van der Waals surface area contributed by atoms with E-state index < -0.39 is 0 Å². The van der Waals surface area contributed by atoms with Gasteiger partial charge in [0.1, 0.15) is 0 Å². The van der Waals surface area contributed by atoms with E-state index in [1.807, 2.05) is 31.2 Å². The van der Waals surface area contributed by atoms with Gasteiger partial charge in [-0.3, -0.25) is 0 Å². The van der Waals surface area contributed by atoms with Crippen molar-refractivity contribution in [1.29, 1.82) is 0 Å². The topological polar surface area (TPSA) is 20.2 Å². The molecule has 0 spiro atoms. The quantitative estimate of drug-likeness (QED) is 0.652. The summed E-state index contributed by atoms with van der Waals surface area (Å²) in [6.07, 6.45) is 1.78. The van der Waals surface area contributed by atoms with E-state index in [2.05, 4.69) is 0 Å². The van der Waals surface area contributed by atoms with Gasteiger partial charge in [0, 0.05) is 6.42 Å². The molecule has 0 aliphatic carbocycles. The fourth-order valence-electron chi connectivity index (χ4n) is 0.808. The molecule has 0 bridgehead atoms. The molecule has 1 heteroatoms. The summed E-state index contributed by atoms with van der Waals surface area (Å²) in [5.41, 5.74) is 2.32. The molecule has 0 saturated heterocycles. The van der Waals surface area contributed by atoms with Crippen molar-refractivity contribution in [2.24, 2.45) is 0 Å². The number of benzene rings is 1. The summed E-state index contributed by atoms with van der Waals surface area (Å²) in [5, 5.41) is 8.53. The first-order chi connectivity index (χ1) is 4.83. The van der Waals surface area contributed by atoms with Crippen LogP contribution in [0.4, 0.5) is 0 Å². The molecule has 1 N–H and O–H groups in total. The normalized spacial score (nSPS) is 9.80. The largest absolute Gasteiger partial charge is 0.396 e. The summed E-state index contributed by atoms with van der Waals surface area (Å²) in [6.45, 7) is 2.16. The lowest BCUT2D eigenvalue weighted by atomic mass is 10.1. The average molecular weight is 135 g/mol. The van der Waals surface area contributed by atoms with Crippen LogP contribution >= 0.6 is 0 Å². The van der Waals surface area contributed by atoms with Crippen molar-refractivity contribution < 1.29 is 5.11 Å². The third-order valence-corrected chi connectivity index (χ3v) is 1.40. The number of aryl methyl sites for hydroxylation is 1. The summed E-state index contributed by atoms with van der Waals surface area (Å²) in [4.78, 5) is 0. The van der Waals surface area contributed by atoms with E-state index in [0.29, 0.717) is 0 Å². The molecule has 53 valence electrons. The van der Waals surface area contributed by atoms with Gasteiger partial charge in [-0.1, -0.05) is 29.8 Å². The molecule has 0 aromatic heterocycles. The lowest BCUT2D eigenvalue weighted by Crippen LogP contribution is -1.86. The van der Waals surface area contributed by atoms with E-state index in [9.17, 15) is 0 Å². The summed E-state index contributed by atoms with van der Waals surface area (Å²) < 4.78 is 0. The van der Waals surface area contributed by atoms with Crippen molar-refractivity contribution in [1.82, 2.24) is 0 Å². The van der Waals surface area contributed by atoms with Crippen LogP contribution < -0.4 is 0 Å². The van der Waals surface area contributed by atoms with Gasteiger partial charge in [-0.25, -0.2) is 0 Å². The summed E-state index contributed by atoms with van der Waals surface area (Å²) >= 11 is 0. The van der Waals surface area contributed by atoms with Crippen molar-refractivity contribution >= 4 is 0 Å². The Balaban J connectivity index is 2.69. The fraction of sp³-hybridized carbons (Fsp3) is 0.222. The highest BCUT2D eigenvalue weighted by molar-refractivity contribution is 5.26. The number of aliphatic hydroxyl groups excluding tert-OH is 1. The zero-order valence-corrected chi connectivity index (χ0v) is 6.04. The molecule has 1 nitrogen and oxygen atoms in total. The van der Waals surface area contributed by atoms with Crippen molar-refractivity contribution in [2.45, 2.75) is 6.92 Å². The second kappa shape index (κ2) is 3.37. The number of rotatable bonds is 2. The molecular formula is C9H11O. The smallest absolute Gasteiger partial charge is 0.0506 e. The standard InChI is InChI=1S/C9H11O/c1-8-2-4-9(5-3-8)6-7-10/h2-6,10H,7H2,1H3. The van der Waals surface area contributed by atoms with Gasteiger partial charge in [-0.15, -0.1) is 0 Å². The molecule has 10 heavy (non-hydrogen) atoms. The van der Waals surface area contributed by atoms with Crippen molar-refractivity contribution in [3.63, 3.8) is 0 Å². The highest BCUT2D eigenvalue weighted by Crippen LogP contribution is 2.04. The minimum atomic E-state index is 0.114. The predicted octanol–water partition coefficient (Wildman–Crippen LogP) is 1.54. The van der Waals surface area contributed by atoms with Crippen LogP contribution in [-0.2, 0) is 0 Å². The van der Waals surface area contributed by atoms with Crippen LogP contribution in [0.5, 0.6) is 0 Å². The van der Waals surface area contributed by atoms with Gasteiger partial charge in [0.05, 0.1) is 6.61 Å². The molecule has 0 fully saturated rings. The van der Waals surface area contributed by atoms with E-state index in [1.54, 1.807) is 6.42 Å². The van der Waals surface area contributed by atoms with Crippen LogP contribution in [0.25, 0.3) is 0 Å². The number of aliphatic hydroxyl groups is 1. The molecule has 0 amide bonds. The zero-order valence-electron chi connectivity index (χ0n) is 6.04. The first kappa shape index (κ1) is 7.29. The van der Waals surface area contributed by atoms with Gasteiger partial charge < -0.3 is 5.11 Å². The van der Waals surface area contributed by atoms with Gasteiger partial charge in [0.15, 0.2) is 0 Å². The fourth-order valence-corrected chi connectivity index (χ4v) is 0.808. The van der Waals surface area contributed by atoms with E-state index in [0.717, 1.165) is 5.56 Å². The van der Waals surface area contributed by atoms with E-state index >= 15 is 0 Å². The third-order valence-electron chi connectivity index (χ3n) is 1.40. The Morgan fingerprint density at radius 2 is 1.90 bits per heavy atom. The highest BCUT2D eigenvalue weighted by atomic mass is 16.2. The number of hydrogen-bond acceptors (Lipinski definition) is 1. The molecule has 0 heterocycles. The Labute approximate surface area is 61.3 Å². The van der Waals surface area contributed by atoms with Crippen LogP contribution in [0.3, 0.4) is 0 Å². The van der Waals surface area contributed by atoms with Crippen LogP contribution in [0.2, 0.25) is 0 Å². The lowest BCUT2D eigenvalue weighted by molar-refractivity contribution is 0.331. The van der Waals surface area contributed by atoms with Crippen molar-refractivity contribution in [2.75, 3.05) is 6.61 Å². The van der Waals surface area contributed by atoms with Gasteiger partial charge >= 0.3 is 0 Å². The van der Waals surface area contributed by atoms with Crippen molar-refractivity contribution in [3.8, 4) is 0 Å². The van der Waals surface area contributed by atoms with E-state index in [4.69, 9.17) is 5.11 Å². The highest BCUT2D eigenvalue weighted by Gasteiger charge is 1.89. The first-order valence-electron chi connectivity index (χ1n) is 3.33. The molecule has 1 aromatic carbocycles. The average Bonchev–Trinajstić information content (AvgIpc) is 1.95. The van der Waals surface area contributed by atoms with Gasteiger partial charge in [-0.05, 0) is 12.5 Å². The Morgan fingerprint density at radius 3 is 2.40 bits per heavy atom. The maximum atomic E-state index is 8.53. The summed E-state index contributed by atoms with van der Waals surface area (Å²) in [7, 11) is 0. The van der Waals surface area contributed by atoms with Crippen LogP contribution in [0.1, 0.15) is 11.1 Å². The van der Waals surface area contributed by atoms with Gasteiger partial charge in [0.25, 0.3) is 0 Å². The molecule has 1 aromatic rings. The molecule has 1 rings (SSSR count). The predicted molar refractivity (Wildman–Crippen MR) is 41.7 cm³/mol. The van der Waals surface area contributed by atoms with Gasteiger partial charge in [-0.2, -0.15) is 0 Å². The Morgan fingerprint density at radius 1 is 1.30 bits per heavy atom. The minimum absolute atomic E-state index is 0.114. The third kappa shape index (κ3) is 1.85. The molecule has 0 atom stereocenters. The molecule has 0 saturated carbocycles. The van der Waals surface area contributed by atoms with E-state index in [1.165, 1.54) is 5.56 Å². The minimum Gasteiger partial charge on any atom is -0.396 e.